The molecule has 0 saturated carbocycles. The average molecular weight is 196 g/mol. The molecule has 1 rings (SSSR count). The van der Waals surface area contributed by atoms with Crippen molar-refractivity contribution in [3.05, 3.63) is 29.3 Å². The molecule has 1 aromatic carbocycles. The lowest BCUT2D eigenvalue weighted by Crippen LogP contribution is -2.32. The van der Waals surface area contributed by atoms with Crippen LogP contribution in [-0.4, -0.2) is 22.2 Å². The zero-order valence-electron chi connectivity index (χ0n) is 8.60. The van der Waals surface area contributed by atoms with Gasteiger partial charge in [0.2, 0.25) is 0 Å². The van der Waals surface area contributed by atoms with Crippen LogP contribution in [0.15, 0.2) is 18.2 Å². The molecule has 4 N–H and O–H groups in total. The first-order chi connectivity index (χ1) is 7.06. The number of aliphatic carboxylic acids is 1. The van der Waals surface area contributed by atoms with E-state index in [-0.39, 0.29) is 19.1 Å². The smallest absolute Gasteiger partial charge is 0.320 e. The summed E-state index contributed by atoms with van der Waals surface area (Å²) in [5.74, 6) is -1.13. The van der Waals surface area contributed by atoms with E-state index in [1.165, 1.54) is 0 Å². The van der Waals surface area contributed by atoms with E-state index in [2.05, 4.69) is 0 Å². The fraction of sp³-hybridized carbons (Fsp3) is 0.300. The molecule has 4 heteroatoms. The third kappa shape index (κ3) is 2.23. The van der Waals surface area contributed by atoms with Crippen LogP contribution < -0.4 is 5.73 Å². The van der Waals surface area contributed by atoms with Crippen molar-refractivity contribution < 1.29 is 16.4 Å². The molecule has 0 radical (unpaired) electrons. The van der Waals surface area contributed by atoms with Crippen LogP contribution >= 0.6 is 0 Å². The van der Waals surface area contributed by atoms with Gasteiger partial charge in [-0.3, -0.25) is 4.79 Å². The molecule has 76 valence electrons. The summed E-state index contributed by atoms with van der Waals surface area (Å²) < 4.78 is 7.14. The van der Waals surface area contributed by atoms with E-state index in [1.54, 1.807) is 18.2 Å². The molecule has 1 atom stereocenters. The van der Waals surface area contributed by atoms with E-state index in [9.17, 15) is 9.90 Å². The van der Waals surface area contributed by atoms with E-state index in [0.29, 0.717) is 11.1 Å². The quantitative estimate of drug-likeness (QED) is 0.663. The average Bonchev–Trinajstić information content (AvgIpc) is 2.21. The van der Waals surface area contributed by atoms with Crippen LogP contribution in [0.2, 0.25) is 0 Å². The highest BCUT2D eigenvalue weighted by Gasteiger charge is 2.14. The minimum absolute atomic E-state index is 0.0239. The topological polar surface area (TPSA) is 83.6 Å². The number of aromatic hydroxyl groups is 1. The number of hydrogen-bond donors (Lipinski definition) is 3. The van der Waals surface area contributed by atoms with Crippen molar-refractivity contribution >= 4 is 5.97 Å². The number of rotatable bonds is 3. The molecular weight excluding hydrogens is 182 g/mol. The van der Waals surface area contributed by atoms with Crippen molar-refractivity contribution in [2.45, 2.75) is 19.4 Å². The van der Waals surface area contributed by atoms with E-state index in [0.717, 1.165) is 0 Å². The van der Waals surface area contributed by atoms with Crippen LogP contribution in [0.1, 0.15) is 12.5 Å². The molecule has 0 fully saturated rings. The van der Waals surface area contributed by atoms with Gasteiger partial charge in [0.1, 0.15) is 11.8 Å². The molecule has 0 saturated heterocycles. The Morgan fingerprint density at radius 3 is 3.00 bits per heavy atom. The lowest BCUT2D eigenvalue weighted by molar-refractivity contribution is -0.138. The highest BCUT2D eigenvalue weighted by molar-refractivity contribution is 5.73. The lowest BCUT2D eigenvalue weighted by atomic mass is 10.0. The van der Waals surface area contributed by atoms with Gasteiger partial charge in [-0.15, -0.1) is 0 Å². The number of benzene rings is 1. The number of carboxylic acids is 1. The first-order valence-electron chi connectivity index (χ1n) is 4.84. The largest absolute Gasteiger partial charge is 0.507 e. The van der Waals surface area contributed by atoms with Gasteiger partial charge >= 0.3 is 5.97 Å². The van der Waals surface area contributed by atoms with Crippen molar-refractivity contribution in [2.24, 2.45) is 5.73 Å². The minimum atomic E-state index is -1.11. The highest BCUT2D eigenvalue weighted by Crippen LogP contribution is 2.22. The van der Waals surface area contributed by atoms with Gasteiger partial charge in [0.05, 0.1) is 0 Å². The number of hydrogen-bond acceptors (Lipinski definition) is 3. The summed E-state index contributed by atoms with van der Waals surface area (Å²) in [4.78, 5) is 10.5. The molecule has 0 aliphatic rings. The van der Waals surface area contributed by atoms with Gasteiger partial charge in [-0.2, -0.15) is 0 Å². The fourth-order valence-corrected chi connectivity index (χ4v) is 1.13. The van der Waals surface area contributed by atoms with E-state index in [4.69, 9.17) is 12.2 Å². The SMILES string of the molecule is [2H]Cc1cccc(C[C@H](N)C(=O)O)c1O. The second-order valence-electron chi connectivity index (χ2n) is 3.07. The van der Waals surface area contributed by atoms with Gasteiger partial charge in [0.15, 0.2) is 0 Å². The molecule has 0 bridgehead atoms. The number of carbonyl (C=O) groups is 1. The maximum Gasteiger partial charge on any atom is 0.320 e. The molecule has 0 aliphatic heterocycles. The molecule has 0 amide bonds. The molecule has 4 nitrogen and oxygen atoms in total. The van der Waals surface area contributed by atoms with Crippen LogP contribution in [0.5, 0.6) is 5.75 Å². The van der Waals surface area contributed by atoms with Crippen LogP contribution in [0, 0.1) is 6.90 Å². The molecule has 0 aliphatic carbocycles. The van der Waals surface area contributed by atoms with Crippen LogP contribution in [0.3, 0.4) is 0 Å². The Morgan fingerprint density at radius 1 is 1.71 bits per heavy atom. The third-order valence-corrected chi connectivity index (χ3v) is 1.96. The summed E-state index contributed by atoms with van der Waals surface area (Å²) in [6.07, 6.45) is 0.0645. The van der Waals surface area contributed by atoms with Crippen molar-refractivity contribution in [3.63, 3.8) is 0 Å². The van der Waals surface area contributed by atoms with Gasteiger partial charge in [-0.05, 0) is 18.0 Å². The third-order valence-electron chi connectivity index (χ3n) is 1.96. The maximum absolute atomic E-state index is 10.5. The summed E-state index contributed by atoms with van der Waals surface area (Å²) in [5.41, 5.74) is 6.30. The Kier molecular flexibility index (Phi) is 2.65. The maximum atomic E-state index is 10.5. The van der Waals surface area contributed by atoms with Crippen molar-refractivity contribution in [3.8, 4) is 5.75 Å². The molecule has 0 aromatic heterocycles. The Morgan fingerprint density at radius 2 is 2.43 bits per heavy atom. The number of phenols is 1. The molecule has 0 spiro atoms. The second kappa shape index (κ2) is 4.11. The van der Waals surface area contributed by atoms with Gasteiger partial charge in [0, 0.05) is 7.79 Å². The van der Waals surface area contributed by atoms with Gasteiger partial charge in [0.25, 0.3) is 0 Å². The monoisotopic (exact) mass is 196 g/mol. The Labute approximate surface area is 83.4 Å². The predicted molar refractivity (Wildman–Crippen MR) is 52.2 cm³/mol. The summed E-state index contributed by atoms with van der Waals surface area (Å²) in [7, 11) is 0. The van der Waals surface area contributed by atoms with Crippen LogP contribution in [-0.2, 0) is 11.2 Å². The zero-order chi connectivity index (χ0) is 11.4. The lowest BCUT2D eigenvalue weighted by Gasteiger charge is -2.09. The summed E-state index contributed by atoms with van der Waals surface area (Å²) >= 11 is 0. The number of carboxylic acid groups (broad SMARTS) is 1. The standard InChI is InChI=1S/C10H13NO3/c1-6-3-2-4-7(9(6)12)5-8(11)10(13)14/h2-4,8,12H,5,11H2,1H3,(H,13,14)/t8-/m0/s1/i1D. The number of para-hydroxylation sites is 1. The Balaban J connectivity index is 2.90. The Hall–Kier alpha value is -1.55. The van der Waals surface area contributed by atoms with Gasteiger partial charge in [-0.1, -0.05) is 18.2 Å². The first kappa shape index (κ1) is 9.02. The number of aryl methyl sites for hydroxylation is 1. The summed E-state index contributed by atoms with van der Waals surface area (Å²) in [5, 5.41) is 18.3. The number of phenolic OH excluding ortho intramolecular Hbond substituents is 1. The fourth-order valence-electron chi connectivity index (χ4n) is 1.13. The van der Waals surface area contributed by atoms with Gasteiger partial charge in [-0.25, -0.2) is 0 Å². The van der Waals surface area contributed by atoms with E-state index in [1.807, 2.05) is 0 Å². The van der Waals surface area contributed by atoms with Crippen LogP contribution in [0.25, 0.3) is 0 Å². The van der Waals surface area contributed by atoms with Gasteiger partial charge < -0.3 is 15.9 Å². The Bertz CT molecular complexity index is 368. The van der Waals surface area contributed by atoms with Crippen molar-refractivity contribution in [2.75, 3.05) is 0 Å². The normalized spacial score (nSPS) is 13.4. The zero-order valence-corrected chi connectivity index (χ0v) is 7.60. The van der Waals surface area contributed by atoms with Crippen molar-refractivity contribution in [1.82, 2.24) is 0 Å². The highest BCUT2D eigenvalue weighted by atomic mass is 16.4. The predicted octanol–water partition coefficient (Wildman–Crippen LogP) is 0.655. The number of nitrogens with two attached hydrogens (primary N) is 1. The molecule has 14 heavy (non-hydrogen) atoms. The van der Waals surface area contributed by atoms with Crippen molar-refractivity contribution in [1.29, 1.82) is 0 Å². The molecular formula is C10H13NO3. The molecule has 0 heterocycles. The second-order valence-corrected chi connectivity index (χ2v) is 3.07. The molecule has 1 aromatic rings. The summed E-state index contributed by atoms with van der Waals surface area (Å²) in [6, 6.07) is 3.88. The van der Waals surface area contributed by atoms with E-state index < -0.39 is 12.0 Å². The summed E-state index contributed by atoms with van der Waals surface area (Å²) in [6.45, 7) is -0.0397. The molecule has 0 unspecified atom stereocenters. The minimum Gasteiger partial charge on any atom is -0.507 e. The van der Waals surface area contributed by atoms with Crippen LogP contribution in [0.4, 0.5) is 0 Å². The van der Waals surface area contributed by atoms with E-state index >= 15 is 0 Å². The first-order valence-corrected chi connectivity index (χ1v) is 4.13.